The maximum atomic E-state index is 11.2. The lowest BCUT2D eigenvalue weighted by molar-refractivity contribution is 0.224. The summed E-state index contributed by atoms with van der Waals surface area (Å²) in [6.45, 7) is 0. The summed E-state index contributed by atoms with van der Waals surface area (Å²) in [6.07, 6.45) is 1.02. The lowest BCUT2D eigenvalue weighted by Gasteiger charge is -2.04. The highest BCUT2D eigenvalue weighted by atomic mass is 35.5. The second-order valence-electron chi connectivity index (χ2n) is 2.56. The van der Waals surface area contributed by atoms with Gasteiger partial charge in [-0.05, 0) is 12.1 Å². The van der Waals surface area contributed by atoms with Gasteiger partial charge in [-0.3, -0.25) is 0 Å². The first-order valence-electron chi connectivity index (χ1n) is 3.57. The van der Waals surface area contributed by atoms with Crippen LogP contribution in [0.15, 0.2) is 29.2 Å². The molecule has 0 aliphatic heterocycles. The van der Waals surface area contributed by atoms with E-state index in [4.69, 9.17) is 11.6 Å². The third kappa shape index (κ3) is 2.71. The van der Waals surface area contributed by atoms with Crippen LogP contribution in [-0.4, -0.2) is 20.1 Å². The molecule has 0 saturated heterocycles. The smallest absolute Gasteiger partial charge is 0.409 e. The lowest BCUT2D eigenvalue weighted by Crippen LogP contribution is -2.04. The van der Waals surface area contributed by atoms with Crippen molar-refractivity contribution in [1.29, 1.82) is 0 Å². The van der Waals surface area contributed by atoms with Crippen molar-refractivity contribution in [2.45, 2.75) is 4.90 Å². The van der Waals surface area contributed by atoms with Crippen LogP contribution in [0, 0.1) is 0 Å². The molecular weight excluding hydrogens is 228 g/mol. The van der Waals surface area contributed by atoms with E-state index in [-0.39, 0.29) is 10.6 Å². The summed E-state index contributed by atoms with van der Waals surface area (Å²) < 4.78 is 26.9. The molecule has 1 aromatic carbocycles. The molecule has 76 valence electrons. The first kappa shape index (κ1) is 11.0. The molecule has 0 aliphatic rings. The first-order chi connectivity index (χ1) is 6.41. The Labute approximate surface area is 86.4 Å². The van der Waals surface area contributed by atoms with Crippen LogP contribution in [0.25, 0.3) is 0 Å². The minimum atomic E-state index is -3.41. The van der Waals surface area contributed by atoms with E-state index < -0.39 is 15.3 Å². The Balaban J connectivity index is 3.23. The van der Waals surface area contributed by atoms with E-state index >= 15 is 0 Å². The molecule has 0 radical (unpaired) electrons. The Kier molecular flexibility index (Phi) is 3.13. The Hall–Kier alpha value is -1.07. The van der Waals surface area contributed by atoms with Crippen molar-refractivity contribution in [2.24, 2.45) is 0 Å². The van der Waals surface area contributed by atoms with Crippen LogP contribution < -0.4 is 4.74 Å². The summed E-state index contributed by atoms with van der Waals surface area (Å²) in [6, 6.07) is 5.77. The monoisotopic (exact) mass is 234 g/mol. The fourth-order valence-corrected chi connectivity index (χ4v) is 1.81. The van der Waals surface area contributed by atoms with Crippen molar-refractivity contribution in [3.63, 3.8) is 0 Å². The van der Waals surface area contributed by atoms with Gasteiger partial charge in [-0.2, -0.15) is 0 Å². The predicted octanol–water partition coefficient (Wildman–Crippen LogP) is 1.83. The number of halogens is 1. The fraction of sp³-hybridized carbons (Fsp3) is 0.125. The van der Waals surface area contributed by atoms with E-state index in [0.29, 0.717) is 0 Å². The molecule has 0 aliphatic carbocycles. The minimum absolute atomic E-state index is 0.0602. The topological polar surface area (TPSA) is 60.4 Å². The number of sulfone groups is 1. The predicted molar refractivity (Wildman–Crippen MR) is 51.4 cm³/mol. The van der Waals surface area contributed by atoms with Gasteiger partial charge in [0.15, 0.2) is 15.6 Å². The van der Waals surface area contributed by atoms with Gasteiger partial charge < -0.3 is 4.74 Å². The second-order valence-corrected chi connectivity index (χ2v) is 4.85. The highest BCUT2D eigenvalue weighted by Gasteiger charge is 2.15. The van der Waals surface area contributed by atoms with Crippen LogP contribution in [0.5, 0.6) is 5.75 Å². The molecule has 0 unspecified atom stereocenters. The molecule has 1 rings (SSSR count). The Morgan fingerprint density at radius 2 is 1.93 bits per heavy atom. The SMILES string of the molecule is CS(=O)(=O)c1ccccc1OC(=O)Cl. The molecule has 0 atom stereocenters. The molecule has 0 bridgehead atoms. The van der Waals surface area contributed by atoms with Gasteiger partial charge in [-0.25, -0.2) is 13.2 Å². The van der Waals surface area contributed by atoms with Crippen molar-refractivity contribution in [2.75, 3.05) is 6.26 Å². The van der Waals surface area contributed by atoms with E-state index in [1.807, 2.05) is 0 Å². The van der Waals surface area contributed by atoms with Gasteiger partial charge in [0.1, 0.15) is 4.90 Å². The van der Waals surface area contributed by atoms with E-state index in [0.717, 1.165) is 6.26 Å². The summed E-state index contributed by atoms with van der Waals surface area (Å²) >= 11 is 4.98. The van der Waals surface area contributed by atoms with Gasteiger partial charge in [-0.1, -0.05) is 12.1 Å². The number of hydrogen-bond donors (Lipinski definition) is 0. The third-order valence-electron chi connectivity index (χ3n) is 1.44. The van der Waals surface area contributed by atoms with E-state index in [1.165, 1.54) is 18.2 Å². The normalized spacial score (nSPS) is 11.0. The van der Waals surface area contributed by atoms with Crippen LogP contribution in [0.2, 0.25) is 0 Å². The third-order valence-corrected chi connectivity index (χ3v) is 2.65. The lowest BCUT2D eigenvalue weighted by atomic mass is 10.3. The first-order valence-corrected chi connectivity index (χ1v) is 5.84. The Morgan fingerprint density at radius 3 is 2.43 bits per heavy atom. The van der Waals surface area contributed by atoms with Crippen molar-refractivity contribution >= 4 is 26.9 Å². The number of rotatable bonds is 2. The molecule has 0 amide bonds. The molecule has 0 saturated carbocycles. The summed E-state index contributed by atoms with van der Waals surface area (Å²) in [7, 11) is -3.41. The van der Waals surface area contributed by atoms with Crippen LogP contribution in [0.3, 0.4) is 0 Å². The largest absolute Gasteiger partial charge is 0.413 e. The molecule has 14 heavy (non-hydrogen) atoms. The van der Waals surface area contributed by atoms with Crippen LogP contribution in [0.4, 0.5) is 4.79 Å². The molecule has 6 heteroatoms. The van der Waals surface area contributed by atoms with E-state index in [1.54, 1.807) is 6.07 Å². The molecule has 1 aromatic rings. The Morgan fingerprint density at radius 1 is 1.36 bits per heavy atom. The number of hydrogen-bond acceptors (Lipinski definition) is 4. The quantitative estimate of drug-likeness (QED) is 0.733. The van der Waals surface area contributed by atoms with Crippen molar-refractivity contribution in [1.82, 2.24) is 0 Å². The molecule has 0 heterocycles. The number of carbonyl (C=O) groups excluding carboxylic acids is 1. The molecule has 0 N–H and O–H groups in total. The molecule has 4 nitrogen and oxygen atoms in total. The van der Waals surface area contributed by atoms with Crippen molar-refractivity contribution in [3.05, 3.63) is 24.3 Å². The molecule has 0 spiro atoms. The van der Waals surface area contributed by atoms with Crippen molar-refractivity contribution in [3.8, 4) is 5.75 Å². The average molecular weight is 235 g/mol. The zero-order chi connectivity index (χ0) is 10.8. The van der Waals surface area contributed by atoms with Gasteiger partial charge in [-0.15, -0.1) is 0 Å². The molecular formula is C8H7ClO4S. The second kappa shape index (κ2) is 3.98. The van der Waals surface area contributed by atoms with E-state index in [2.05, 4.69) is 4.74 Å². The van der Waals surface area contributed by atoms with Crippen LogP contribution in [0.1, 0.15) is 0 Å². The Bertz CT molecular complexity index is 452. The number of ether oxygens (including phenoxy) is 1. The summed E-state index contributed by atoms with van der Waals surface area (Å²) in [5.74, 6) is -0.0602. The fourth-order valence-electron chi connectivity index (χ4n) is 0.927. The maximum absolute atomic E-state index is 11.2. The van der Waals surface area contributed by atoms with E-state index in [9.17, 15) is 13.2 Å². The minimum Gasteiger partial charge on any atom is -0.413 e. The standard InChI is InChI=1S/C8H7ClO4S/c1-14(11,12)7-5-3-2-4-6(7)13-8(9)10/h2-5H,1H3. The average Bonchev–Trinajstić information content (AvgIpc) is 2.01. The van der Waals surface area contributed by atoms with Crippen molar-refractivity contribution < 1.29 is 17.9 Å². The zero-order valence-electron chi connectivity index (χ0n) is 7.23. The molecule has 0 aromatic heterocycles. The summed E-state index contributed by atoms with van der Waals surface area (Å²) in [5, 5.41) is 0. The molecule has 0 fully saturated rings. The number of para-hydroxylation sites is 1. The highest BCUT2D eigenvalue weighted by molar-refractivity contribution is 7.90. The highest BCUT2D eigenvalue weighted by Crippen LogP contribution is 2.23. The summed E-state index contributed by atoms with van der Waals surface area (Å²) in [5.41, 5.74) is -1.07. The van der Waals surface area contributed by atoms with Gasteiger partial charge in [0, 0.05) is 17.9 Å². The van der Waals surface area contributed by atoms with Gasteiger partial charge in [0.2, 0.25) is 0 Å². The zero-order valence-corrected chi connectivity index (χ0v) is 8.80. The van der Waals surface area contributed by atoms with Gasteiger partial charge in [0.25, 0.3) is 0 Å². The van der Waals surface area contributed by atoms with Crippen LogP contribution >= 0.6 is 11.6 Å². The van der Waals surface area contributed by atoms with Gasteiger partial charge in [0.05, 0.1) is 0 Å². The van der Waals surface area contributed by atoms with Crippen LogP contribution in [-0.2, 0) is 9.84 Å². The van der Waals surface area contributed by atoms with Gasteiger partial charge >= 0.3 is 5.43 Å². The number of benzene rings is 1. The number of carbonyl (C=O) groups is 1. The summed E-state index contributed by atoms with van der Waals surface area (Å²) in [4.78, 5) is 10.4. The maximum Gasteiger partial charge on any atom is 0.409 e.